The van der Waals surface area contributed by atoms with Gasteiger partial charge in [-0.25, -0.2) is 0 Å². The molecule has 1 aromatic rings. The lowest BCUT2D eigenvalue weighted by atomic mass is 10.2. The Labute approximate surface area is 172 Å². The van der Waals surface area contributed by atoms with Crippen molar-refractivity contribution in [2.75, 3.05) is 33.2 Å². The van der Waals surface area contributed by atoms with Gasteiger partial charge in [-0.1, -0.05) is 17.7 Å². The molecule has 0 bridgehead atoms. The molecule has 0 atom stereocenters. The number of nitrogens with one attached hydrogen (secondary N) is 2. The Kier molecular flexibility index (Phi) is 13.2. The summed E-state index contributed by atoms with van der Waals surface area (Å²) in [5.74, 6) is 0.730. The number of rotatable bonds is 9. The van der Waals surface area contributed by atoms with E-state index in [0.29, 0.717) is 23.7 Å². The summed E-state index contributed by atoms with van der Waals surface area (Å²) in [4.78, 5) is 18.6. The minimum atomic E-state index is -0.119. The van der Waals surface area contributed by atoms with E-state index in [-0.39, 0.29) is 29.9 Å². The fourth-order valence-corrected chi connectivity index (χ4v) is 2.21. The maximum atomic E-state index is 12.0. The van der Waals surface area contributed by atoms with Crippen molar-refractivity contribution in [2.24, 2.45) is 4.99 Å². The van der Waals surface area contributed by atoms with E-state index in [1.54, 1.807) is 24.3 Å². The van der Waals surface area contributed by atoms with Crippen molar-refractivity contribution >= 4 is 47.4 Å². The van der Waals surface area contributed by atoms with Crippen LogP contribution in [0.5, 0.6) is 0 Å². The van der Waals surface area contributed by atoms with Crippen LogP contribution < -0.4 is 10.6 Å². The Bertz CT molecular complexity index is 549. The molecular formula is C18H28ClIN4O. The highest BCUT2D eigenvalue weighted by Crippen LogP contribution is 2.09. The third kappa shape index (κ3) is 9.69. The van der Waals surface area contributed by atoms with Gasteiger partial charge in [0, 0.05) is 37.3 Å². The molecular weight excluding hydrogens is 451 g/mol. The molecule has 0 aliphatic carbocycles. The molecule has 0 radical (unpaired) electrons. The van der Waals surface area contributed by atoms with Crippen LogP contribution in [0.2, 0.25) is 5.02 Å². The maximum Gasteiger partial charge on any atom is 0.251 e. The summed E-state index contributed by atoms with van der Waals surface area (Å²) >= 11 is 5.82. The fourth-order valence-electron chi connectivity index (χ4n) is 2.08. The summed E-state index contributed by atoms with van der Waals surface area (Å²) in [6, 6.07) is 6.82. The topological polar surface area (TPSA) is 56.7 Å². The van der Waals surface area contributed by atoms with Gasteiger partial charge >= 0.3 is 0 Å². The second-order valence-electron chi connectivity index (χ2n) is 5.35. The lowest BCUT2D eigenvalue weighted by Crippen LogP contribution is -2.40. The van der Waals surface area contributed by atoms with Crippen molar-refractivity contribution in [3.63, 3.8) is 0 Å². The Balaban J connectivity index is 0.00000576. The highest BCUT2D eigenvalue weighted by molar-refractivity contribution is 14.0. The van der Waals surface area contributed by atoms with E-state index in [1.165, 1.54) is 0 Å². The van der Waals surface area contributed by atoms with Crippen molar-refractivity contribution in [3.8, 4) is 0 Å². The van der Waals surface area contributed by atoms with Gasteiger partial charge in [0.2, 0.25) is 0 Å². The number of carbonyl (C=O) groups is 1. The first-order valence-corrected chi connectivity index (χ1v) is 8.60. The second-order valence-corrected chi connectivity index (χ2v) is 5.79. The van der Waals surface area contributed by atoms with Gasteiger partial charge in [-0.15, -0.1) is 30.6 Å². The molecule has 7 heteroatoms. The van der Waals surface area contributed by atoms with Crippen LogP contribution in [0.15, 0.2) is 41.9 Å². The minimum Gasteiger partial charge on any atom is -0.357 e. The number of nitrogens with zero attached hydrogens (tertiary/aromatic N) is 2. The van der Waals surface area contributed by atoms with Gasteiger partial charge in [-0.05, 0) is 44.0 Å². The van der Waals surface area contributed by atoms with Crippen molar-refractivity contribution in [1.82, 2.24) is 15.5 Å². The molecule has 5 nitrogen and oxygen atoms in total. The predicted molar refractivity (Wildman–Crippen MR) is 117 cm³/mol. The highest BCUT2D eigenvalue weighted by Gasteiger charge is 2.06. The van der Waals surface area contributed by atoms with Gasteiger partial charge < -0.3 is 15.5 Å². The van der Waals surface area contributed by atoms with Crippen LogP contribution in [-0.4, -0.2) is 50.0 Å². The molecule has 0 aromatic heterocycles. The quantitative estimate of drug-likeness (QED) is 0.188. The smallest absolute Gasteiger partial charge is 0.251 e. The zero-order valence-electron chi connectivity index (χ0n) is 14.9. The zero-order chi connectivity index (χ0) is 17.8. The molecule has 0 unspecified atom stereocenters. The van der Waals surface area contributed by atoms with E-state index < -0.39 is 0 Å². The summed E-state index contributed by atoms with van der Waals surface area (Å²) in [6.45, 7) is 8.49. The summed E-state index contributed by atoms with van der Waals surface area (Å²) < 4.78 is 0. The molecule has 1 aromatic carbocycles. The van der Waals surface area contributed by atoms with Gasteiger partial charge in [0.15, 0.2) is 5.96 Å². The van der Waals surface area contributed by atoms with Crippen molar-refractivity contribution in [2.45, 2.75) is 19.8 Å². The van der Waals surface area contributed by atoms with Gasteiger partial charge in [-0.2, -0.15) is 0 Å². The molecule has 2 N–H and O–H groups in total. The van der Waals surface area contributed by atoms with E-state index >= 15 is 0 Å². The average molecular weight is 479 g/mol. The monoisotopic (exact) mass is 478 g/mol. The Morgan fingerprint density at radius 1 is 1.32 bits per heavy atom. The van der Waals surface area contributed by atoms with Crippen LogP contribution in [0.1, 0.15) is 30.1 Å². The number of allylic oxidation sites excluding steroid dienone is 1. The van der Waals surface area contributed by atoms with Crippen molar-refractivity contribution < 1.29 is 4.79 Å². The Morgan fingerprint density at radius 3 is 2.60 bits per heavy atom. The average Bonchev–Trinajstić information content (AvgIpc) is 2.58. The van der Waals surface area contributed by atoms with E-state index in [4.69, 9.17) is 11.6 Å². The molecule has 0 aliphatic rings. The van der Waals surface area contributed by atoms with Crippen molar-refractivity contribution in [3.05, 3.63) is 47.5 Å². The van der Waals surface area contributed by atoms with E-state index in [2.05, 4.69) is 27.1 Å². The third-order valence-corrected chi connectivity index (χ3v) is 3.62. The lowest BCUT2D eigenvalue weighted by Gasteiger charge is -2.21. The van der Waals surface area contributed by atoms with Gasteiger partial charge in [-0.3, -0.25) is 9.79 Å². The van der Waals surface area contributed by atoms with E-state index in [1.807, 2.05) is 20.0 Å². The molecule has 0 spiro atoms. The molecule has 0 saturated carbocycles. The molecule has 1 amide bonds. The molecule has 140 valence electrons. The predicted octanol–water partition coefficient (Wildman–Crippen LogP) is 3.55. The number of unbranched alkanes of at least 4 members (excludes halogenated alkanes) is 1. The van der Waals surface area contributed by atoms with Gasteiger partial charge in [0.1, 0.15) is 0 Å². The largest absolute Gasteiger partial charge is 0.357 e. The summed E-state index contributed by atoms with van der Waals surface area (Å²) in [6.07, 6.45) is 3.95. The van der Waals surface area contributed by atoms with Gasteiger partial charge in [0.05, 0.1) is 6.54 Å². The summed E-state index contributed by atoms with van der Waals surface area (Å²) in [5, 5.41) is 6.73. The summed E-state index contributed by atoms with van der Waals surface area (Å²) in [7, 11) is 2.01. The van der Waals surface area contributed by atoms with Crippen LogP contribution in [-0.2, 0) is 0 Å². The molecule has 25 heavy (non-hydrogen) atoms. The SMILES string of the molecule is C=CCCCN(C)C(=NCCNC(=O)c1ccc(Cl)cc1)NCC.I. The van der Waals surface area contributed by atoms with Crippen LogP contribution in [0.4, 0.5) is 0 Å². The fraction of sp³-hybridized carbons (Fsp3) is 0.444. The summed E-state index contributed by atoms with van der Waals surface area (Å²) in [5.41, 5.74) is 0.594. The molecule has 0 aliphatic heterocycles. The molecule has 0 saturated heterocycles. The first-order chi connectivity index (χ1) is 11.6. The van der Waals surface area contributed by atoms with Gasteiger partial charge in [0.25, 0.3) is 5.91 Å². The number of amides is 1. The Hall–Kier alpha value is -1.28. The minimum absolute atomic E-state index is 0. The first-order valence-electron chi connectivity index (χ1n) is 8.22. The standard InChI is InChI=1S/C18H27ClN4O.HI/c1-4-6-7-14-23(3)18(20-5-2)22-13-12-21-17(24)15-8-10-16(19)11-9-15;/h4,8-11H,1,5-7,12-14H2,2-3H3,(H,20,22)(H,21,24);1H. The van der Waals surface area contributed by atoms with E-state index in [0.717, 1.165) is 31.9 Å². The van der Waals surface area contributed by atoms with Crippen LogP contribution in [0.25, 0.3) is 0 Å². The third-order valence-electron chi connectivity index (χ3n) is 3.36. The molecule has 1 rings (SSSR count). The second kappa shape index (κ2) is 13.9. The lowest BCUT2D eigenvalue weighted by molar-refractivity contribution is 0.0955. The van der Waals surface area contributed by atoms with Crippen molar-refractivity contribution in [1.29, 1.82) is 0 Å². The number of halogens is 2. The number of benzene rings is 1. The van der Waals surface area contributed by atoms with Crippen LogP contribution >= 0.6 is 35.6 Å². The van der Waals surface area contributed by atoms with Crippen LogP contribution in [0.3, 0.4) is 0 Å². The first kappa shape index (κ1) is 23.7. The molecule has 0 heterocycles. The maximum absolute atomic E-state index is 12.0. The van der Waals surface area contributed by atoms with Crippen LogP contribution in [0, 0.1) is 0 Å². The Morgan fingerprint density at radius 2 is 2.00 bits per heavy atom. The highest BCUT2D eigenvalue weighted by atomic mass is 127. The number of guanidine groups is 1. The number of aliphatic imine (C=N–C) groups is 1. The number of hydrogen-bond donors (Lipinski definition) is 2. The number of hydrogen-bond acceptors (Lipinski definition) is 2. The molecule has 0 fully saturated rings. The normalized spacial score (nSPS) is 10.6. The van der Waals surface area contributed by atoms with E-state index in [9.17, 15) is 4.79 Å². The number of carbonyl (C=O) groups excluding carboxylic acids is 1. The zero-order valence-corrected chi connectivity index (χ0v) is 18.0.